The maximum Gasteiger partial charge on any atom is 0.306 e. The lowest BCUT2D eigenvalue weighted by Crippen LogP contribution is -2.30. The van der Waals surface area contributed by atoms with E-state index in [2.05, 4.69) is 69.4 Å². The topological polar surface area (TPSA) is 78.9 Å². The van der Waals surface area contributed by atoms with Crippen LogP contribution >= 0.6 is 0 Å². The first-order chi connectivity index (χ1) is 34.0. The Hall–Kier alpha value is -2.63. The lowest BCUT2D eigenvalue weighted by molar-refractivity contribution is -0.167. The average molecular weight is 968 g/mol. The van der Waals surface area contributed by atoms with Crippen molar-refractivity contribution in [1.29, 1.82) is 0 Å². The van der Waals surface area contributed by atoms with E-state index in [1.807, 2.05) is 0 Å². The molecule has 0 unspecified atom stereocenters. The molecule has 0 aromatic rings. The molecule has 1 atom stereocenters. The number of allylic oxidation sites excluding steroid dienone is 8. The molecule has 0 radical (unpaired) electrons. The minimum absolute atomic E-state index is 0.0771. The van der Waals surface area contributed by atoms with Crippen LogP contribution in [0.2, 0.25) is 0 Å². The zero-order chi connectivity index (χ0) is 50.0. The third kappa shape index (κ3) is 56.2. The van der Waals surface area contributed by atoms with Crippen molar-refractivity contribution >= 4 is 17.9 Å². The molecule has 0 aromatic carbocycles. The fourth-order valence-corrected chi connectivity index (χ4v) is 8.81. The number of hydrogen-bond donors (Lipinski definition) is 0. The molecule has 0 aliphatic carbocycles. The minimum Gasteiger partial charge on any atom is -0.462 e. The quantitative estimate of drug-likeness (QED) is 0.0262. The second-order valence-corrected chi connectivity index (χ2v) is 20.2. The molecule has 6 nitrogen and oxygen atoms in total. The van der Waals surface area contributed by atoms with Crippen LogP contribution in [0.25, 0.3) is 0 Å². The highest BCUT2D eigenvalue weighted by Gasteiger charge is 2.19. The van der Waals surface area contributed by atoms with Gasteiger partial charge >= 0.3 is 17.9 Å². The van der Waals surface area contributed by atoms with Crippen LogP contribution in [0.1, 0.15) is 316 Å². The molecule has 0 fully saturated rings. The van der Waals surface area contributed by atoms with E-state index < -0.39 is 6.10 Å². The summed E-state index contributed by atoms with van der Waals surface area (Å²) in [6, 6.07) is 0. The number of hydrogen-bond acceptors (Lipinski definition) is 6. The smallest absolute Gasteiger partial charge is 0.306 e. The van der Waals surface area contributed by atoms with Gasteiger partial charge in [0, 0.05) is 19.3 Å². The summed E-state index contributed by atoms with van der Waals surface area (Å²) in [6.45, 7) is 6.55. The molecule has 0 aliphatic heterocycles. The number of carbonyl (C=O) groups excluding carboxylic acids is 3. The highest BCUT2D eigenvalue weighted by molar-refractivity contribution is 5.71. The molecule has 6 heteroatoms. The second kappa shape index (κ2) is 57.9. The van der Waals surface area contributed by atoms with E-state index in [0.29, 0.717) is 19.3 Å². The number of rotatable bonds is 55. The molecule has 0 saturated heterocycles. The fourth-order valence-electron chi connectivity index (χ4n) is 8.81. The predicted molar refractivity (Wildman–Crippen MR) is 298 cm³/mol. The van der Waals surface area contributed by atoms with Crippen molar-refractivity contribution in [2.45, 2.75) is 322 Å². The van der Waals surface area contributed by atoms with Gasteiger partial charge in [-0.05, 0) is 77.0 Å². The highest BCUT2D eigenvalue weighted by Crippen LogP contribution is 2.17. The molecule has 0 rings (SSSR count). The van der Waals surface area contributed by atoms with Gasteiger partial charge in [0.2, 0.25) is 0 Å². The Balaban J connectivity index is 4.35. The molecule has 0 spiro atoms. The van der Waals surface area contributed by atoms with Crippen LogP contribution in [-0.4, -0.2) is 37.2 Å². The molecule has 0 N–H and O–H groups in total. The van der Waals surface area contributed by atoms with Crippen LogP contribution in [0, 0.1) is 0 Å². The Morgan fingerprint density at radius 2 is 0.565 bits per heavy atom. The van der Waals surface area contributed by atoms with E-state index in [1.54, 1.807) is 0 Å². The van der Waals surface area contributed by atoms with Gasteiger partial charge in [0.15, 0.2) is 6.10 Å². The van der Waals surface area contributed by atoms with Gasteiger partial charge in [0.25, 0.3) is 0 Å². The summed E-state index contributed by atoms with van der Waals surface area (Å²) < 4.78 is 16.9. The van der Waals surface area contributed by atoms with Crippen molar-refractivity contribution in [2.75, 3.05) is 13.2 Å². The van der Waals surface area contributed by atoms with Gasteiger partial charge < -0.3 is 14.2 Å². The van der Waals surface area contributed by atoms with E-state index in [9.17, 15) is 14.4 Å². The Morgan fingerprint density at radius 3 is 0.899 bits per heavy atom. The van der Waals surface area contributed by atoms with Crippen LogP contribution in [0.4, 0.5) is 0 Å². The molecular formula is C63H114O6. The Labute approximate surface area is 428 Å². The van der Waals surface area contributed by atoms with E-state index in [1.165, 1.54) is 180 Å². The monoisotopic (exact) mass is 967 g/mol. The molecule has 0 amide bonds. The van der Waals surface area contributed by atoms with Crippen molar-refractivity contribution in [3.8, 4) is 0 Å². The third-order valence-electron chi connectivity index (χ3n) is 13.3. The summed E-state index contributed by atoms with van der Waals surface area (Å²) in [7, 11) is 0. The molecule has 0 aromatic heterocycles. The SMILES string of the molecule is CC/C=C/C/C=C/C/C=C/CCCCCCCC(=O)OC[C@H](COC(=O)CCCCCCCCCCCCCCCCCCCCC)OC(=O)CCCCCCCCC/C=C/CCCCCCCC. The second-order valence-electron chi connectivity index (χ2n) is 20.2. The van der Waals surface area contributed by atoms with E-state index in [0.717, 1.165) is 96.3 Å². The summed E-state index contributed by atoms with van der Waals surface area (Å²) in [6.07, 6.45) is 71.1. The summed E-state index contributed by atoms with van der Waals surface area (Å²) in [5.41, 5.74) is 0. The van der Waals surface area contributed by atoms with Crippen molar-refractivity contribution in [3.05, 3.63) is 48.6 Å². The third-order valence-corrected chi connectivity index (χ3v) is 13.3. The summed E-state index contributed by atoms with van der Waals surface area (Å²) in [4.78, 5) is 38.2. The molecule has 69 heavy (non-hydrogen) atoms. The van der Waals surface area contributed by atoms with Crippen LogP contribution in [0.15, 0.2) is 48.6 Å². The van der Waals surface area contributed by atoms with E-state index in [4.69, 9.17) is 14.2 Å². The normalized spacial score (nSPS) is 12.3. The van der Waals surface area contributed by atoms with Crippen molar-refractivity contribution in [1.82, 2.24) is 0 Å². The van der Waals surface area contributed by atoms with Gasteiger partial charge in [-0.2, -0.15) is 0 Å². The van der Waals surface area contributed by atoms with Gasteiger partial charge in [0.1, 0.15) is 13.2 Å². The Kier molecular flexibility index (Phi) is 55.7. The standard InChI is InChI=1S/C63H114O6/c1-4-7-10-13-16-19-22-25-28-30-31-33-35-38-41-44-47-50-53-56-62(65)68-59-60(58-67-61(64)55-52-49-46-43-40-37-34-27-24-21-18-15-12-9-6-3)69-63(66)57-54-51-48-45-42-39-36-32-29-26-23-20-17-14-11-8-5-2/h9,12,18,21,26-27,29,34,60H,4-8,10-11,13-17,19-20,22-25,28,30-33,35-59H2,1-3H3/b12-9+,21-18+,29-26+,34-27+/t60-/m1/s1. The van der Waals surface area contributed by atoms with Gasteiger partial charge in [-0.3, -0.25) is 14.4 Å². The Morgan fingerprint density at radius 1 is 0.304 bits per heavy atom. The first kappa shape index (κ1) is 66.4. The van der Waals surface area contributed by atoms with E-state index >= 15 is 0 Å². The lowest BCUT2D eigenvalue weighted by atomic mass is 10.0. The molecule has 0 aliphatic rings. The average Bonchev–Trinajstić information content (AvgIpc) is 3.35. The van der Waals surface area contributed by atoms with Crippen LogP contribution < -0.4 is 0 Å². The maximum absolute atomic E-state index is 12.9. The zero-order valence-electron chi connectivity index (χ0n) is 46.1. The van der Waals surface area contributed by atoms with Crippen LogP contribution in [0.5, 0.6) is 0 Å². The van der Waals surface area contributed by atoms with Crippen molar-refractivity contribution in [2.24, 2.45) is 0 Å². The summed E-state index contributed by atoms with van der Waals surface area (Å²) in [5.74, 6) is -0.882. The maximum atomic E-state index is 12.9. The lowest BCUT2D eigenvalue weighted by Gasteiger charge is -2.18. The minimum atomic E-state index is -0.781. The van der Waals surface area contributed by atoms with Crippen LogP contribution in [-0.2, 0) is 28.6 Å². The number of unbranched alkanes of at least 4 members (excludes halogenated alkanes) is 36. The van der Waals surface area contributed by atoms with Gasteiger partial charge in [0.05, 0.1) is 0 Å². The summed E-state index contributed by atoms with van der Waals surface area (Å²) >= 11 is 0. The van der Waals surface area contributed by atoms with Gasteiger partial charge in [-0.25, -0.2) is 0 Å². The molecular weight excluding hydrogens is 853 g/mol. The van der Waals surface area contributed by atoms with Gasteiger partial charge in [-0.15, -0.1) is 0 Å². The zero-order valence-corrected chi connectivity index (χ0v) is 46.1. The van der Waals surface area contributed by atoms with E-state index in [-0.39, 0.29) is 31.1 Å². The van der Waals surface area contributed by atoms with Crippen molar-refractivity contribution in [3.63, 3.8) is 0 Å². The van der Waals surface area contributed by atoms with Crippen molar-refractivity contribution < 1.29 is 28.6 Å². The number of esters is 3. The number of carbonyl (C=O) groups is 3. The largest absolute Gasteiger partial charge is 0.462 e. The van der Waals surface area contributed by atoms with Gasteiger partial charge in [-0.1, -0.05) is 268 Å². The Bertz CT molecular complexity index is 1200. The summed E-state index contributed by atoms with van der Waals surface area (Å²) in [5, 5.41) is 0. The predicted octanol–water partition coefficient (Wildman–Crippen LogP) is 20.2. The molecule has 0 saturated carbocycles. The fraction of sp³-hybridized carbons (Fsp3) is 0.825. The first-order valence-corrected chi connectivity index (χ1v) is 30.1. The first-order valence-electron chi connectivity index (χ1n) is 30.1. The van der Waals surface area contributed by atoms with Crippen LogP contribution in [0.3, 0.4) is 0 Å². The highest BCUT2D eigenvalue weighted by atomic mass is 16.6. The number of ether oxygens (including phenoxy) is 3. The molecule has 402 valence electrons. The molecule has 0 bridgehead atoms. The molecule has 0 heterocycles.